The van der Waals surface area contributed by atoms with Crippen molar-refractivity contribution in [2.45, 2.75) is 260 Å². The van der Waals surface area contributed by atoms with Crippen molar-refractivity contribution in [2.24, 2.45) is 0 Å². The van der Waals surface area contributed by atoms with Crippen LogP contribution < -0.4 is 5.32 Å². The standard InChI is InChI=1S/C19H24N2O11.C15H20N2O5.C15H15NO7.C14H15NO4.C10H13NO6.C9H11NO6.CH4/c1-10(22)6-18(31)8-13(24)21(17(18)30)11(15(27)28)4-2-3-5-20-12(23)7-19(32,16(20)29)9-14(25)26;1-10(18)11(17-14(21)7-8-15(17)22)4-2-3-9-16-12(19)5-6-13(16)20;17-11-7-15(23,8-12(18)19)14(22)16(11)10(13(20)21)6-9-4-2-1-3-5-9;16-11-6-7-12(17)13(11)15-10(14(18)19)8-9-4-2-1-3-5-9;1-5(6(2)12)11-7(13)3-10(17,9(11)16)4-8(14)15;1-5(11)4-10-6(12)2-9(16,8(10)15)3-7(13)14;/h11,31-32H,2-9H2,1H3,(H,25,26)(H,27,28);11H,2-9H2,1H3;1-5,10,23H,6-8H2,(H,18,19)(H,20,21);1-5,10,13,15H,6-8H2,(H,18,19);5,17H,3-4H2,1-2H3,(H,14,15);16H,2-4H2,1H3,(H,13,14);1H4/t11-,18?,19?;11-;;;;;/m00...../s1. The molecule has 10 atom stereocenters. The fourth-order valence-electron chi connectivity index (χ4n) is 14.9. The van der Waals surface area contributed by atoms with E-state index in [-0.39, 0.29) is 126 Å². The zero-order chi connectivity index (χ0) is 97.6. The molecule has 7 heterocycles. The minimum Gasteiger partial charge on any atom is -0.481 e. The van der Waals surface area contributed by atoms with Crippen LogP contribution in [0.4, 0.5) is 0 Å². The monoisotopic (exact) mass is 1830 g/mol. The summed E-state index contributed by atoms with van der Waals surface area (Å²) < 4.78 is 0. The van der Waals surface area contributed by atoms with Crippen LogP contribution in [-0.2, 0) is 142 Å². The molecule has 47 nitrogen and oxygen atoms in total. The van der Waals surface area contributed by atoms with E-state index in [1.54, 1.807) is 30.3 Å². The Bertz CT molecular complexity index is 4810. The van der Waals surface area contributed by atoms with Crippen molar-refractivity contribution in [1.29, 1.82) is 0 Å². The predicted octanol–water partition coefficient (Wildman–Crippen LogP) is -3.22. The Morgan fingerprint density at radius 1 is 0.354 bits per heavy atom. The average molecular weight is 1840 g/mol. The maximum absolute atomic E-state index is 12.5. The summed E-state index contributed by atoms with van der Waals surface area (Å²) in [5.74, 6) is -22.1. The summed E-state index contributed by atoms with van der Waals surface area (Å²) in [4.78, 5) is 316. The number of benzene rings is 2. The van der Waals surface area contributed by atoms with Crippen LogP contribution in [0.15, 0.2) is 60.7 Å². The van der Waals surface area contributed by atoms with Gasteiger partial charge in [-0.05, 0) is 90.7 Å². The number of hydrogen-bond donors (Lipinski definition) is 13. The zero-order valence-electron chi connectivity index (χ0n) is 70.3. The number of nitrogens with one attached hydrogen (secondary N) is 1. The molecule has 130 heavy (non-hydrogen) atoms. The van der Waals surface area contributed by atoms with Gasteiger partial charge in [-0.25, -0.2) is 9.59 Å². The normalized spacial score (nSPS) is 23.0. The van der Waals surface area contributed by atoms with Crippen LogP contribution in [0.2, 0.25) is 0 Å². The van der Waals surface area contributed by atoms with Gasteiger partial charge in [0, 0.05) is 64.5 Å². The number of amides is 14. The Balaban J connectivity index is 0.000000331. The van der Waals surface area contributed by atoms with E-state index in [2.05, 4.69) is 5.32 Å². The third-order valence-corrected chi connectivity index (χ3v) is 21.4. The fourth-order valence-corrected chi connectivity index (χ4v) is 14.9. The summed E-state index contributed by atoms with van der Waals surface area (Å²) >= 11 is 0. The maximum atomic E-state index is 12.5. The number of carbonyl (C=O) groups is 27. The number of aliphatic hydroxyl groups is 5. The largest absolute Gasteiger partial charge is 0.481 e. The molecule has 8 fully saturated rings. The third-order valence-electron chi connectivity index (χ3n) is 21.4. The minimum absolute atomic E-state index is 0. The number of carboxylic acids is 7. The number of unbranched alkanes of at least 4 members (excludes halogenated alkanes) is 2. The van der Waals surface area contributed by atoms with E-state index < -0.39 is 253 Å². The summed E-state index contributed by atoms with van der Waals surface area (Å²) in [6.07, 6.45) is -4.79. The van der Waals surface area contributed by atoms with E-state index in [9.17, 15) is 170 Å². The number of aliphatic carboxylic acids is 7. The second-order valence-corrected chi connectivity index (χ2v) is 31.8. The van der Waals surface area contributed by atoms with Gasteiger partial charge in [-0.1, -0.05) is 68.1 Å². The molecule has 0 spiro atoms. The van der Waals surface area contributed by atoms with Crippen LogP contribution >= 0.6 is 0 Å². The topological polar surface area (TPSA) is 738 Å². The van der Waals surface area contributed by atoms with Gasteiger partial charge in [0.25, 0.3) is 29.5 Å². The molecule has 0 aromatic heterocycles. The van der Waals surface area contributed by atoms with Crippen LogP contribution in [0.3, 0.4) is 0 Å². The SMILES string of the molecule is C.CC(=O)C(C)N1C(=O)CC(O)(CC(=O)O)C1=O.CC(=O)CC1(O)CC(=O)N([C@@H](CCCCN2C(=O)CC(O)(CC(=O)O)C2=O)C(=O)O)C1=O.CC(=O)CN1C(=O)CC(O)(CC(=O)O)C1=O.CC(=O)[C@H](CCCCN1C(=O)CCC1=O)N1C(=O)CCC1=O.O=C(O)C(Cc1ccccc1)NC1C(=O)CCC1=O.O=C(O)CC1(O)CC(=O)N(C(Cc2ccccc2)C(=O)O)C1=O. The highest BCUT2D eigenvalue weighted by Crippen LogP contribution is 2.35. The highest BCUT2D eigenvalue weighted by Gasteiger charge is 2.59. The van der Waals surface area contributed by atoms with E-state index >= 15 is 0 Å². The molecule has 708 valence electrons. The smallest absolute Gasteiger partial charge is 0.327 e. The number of hydrogen-bond acceptors (Lipinski definition) is 33. The van der Waals surface area contributed by atoms with Gasteiger partial charge >= 0.3 is 41.8 Å². The van der Waals surface area contributed by atoms with Crippen LogP contribution in [0.5, 0.6) is 0 Å². The lowest BCUT2D eigenvalue weighted by molar-refractivity contribution is -0.160. The average Bonchev–Trinajstić information content (AvgIpc) is 1.64. The Labute approximate surface area is 738 Å². The van der Waals surface area contributed by atoms with Gasteiger partial charge in [0.15, 0.2) is 51.1 Å². The Hall–Kier alpha value is -13.5. The molecular weight excluding hydrogens is 1730 g/mol. The maximum Gasteiger partial charge on any atom is 0.327 e. The lowest BCUT2D eigenvalue weighted by Crippen LogP contribution is -2.50. The molecule has 1 aliphatic carbocycles. The summed E-state index contributed by atoms with van der Waals surface area (Å²) in [5, 5.41) is 115. The number of imide groups is 7. The van der Waals surface area contributed by atoms with Gasteiger partial charge in [-0.2, -0.15) is 0 Å². The van der Waals surface area contributed by atoms with Crippen LogP contribution in [0.1, 0.15) is 194 Å². The molecule has 2 aromatic carbocycles. The van der Waals surface area contributed by atoms with Crippen molar-refractivity contribution in [3.05, 3.63) is 71.8 Å². The first-order chi connectivity index (χ1) is 59.9. The quantitative estimate of drug-likeness (QED) is 0.0180. The first-order valence-corrected chi connectivity index (χ1v) is 39.9. The molecular formula is C83H102N8O39. The van der Waals surface area contributed by atoms with Crippen molar-refractivity contribution in [2.75, 3.05) is 19.6 Å². The fraction of sp³-hybridized carbons (Fsp3) is 0.530. The molecule has 7 saturated heterocycles. The van der Waals surface area contributed by atoms with Crippen molar-refractivity contribution in [3.63, 3.8) is 0 Å². The van der Waals surface area contributed by atoms with E-state index in [0.717, 1.165) is 17.4 Å². The summed E-state index contributed by atoms with van der Waals surface area (Å²) in [6, 6.07) is 10.8. The van der Waals surface area contributed by atoms with Crippen molar-refractivity contribution in [3.8, 4) is 0 Å². The molecule has 14 amide bonds. The van der Waals surface area contributed by atoms with E-state index in [1.807, 2.05) is 30.3 Å². The summed E-state index contributed by atoms with van der Waals surface area (Å²) in [6.45, 7) is 5.92. The Morgan fingerprint density at radius 2 is 0.692 bits per heavy atom. The van der Waals surface area contributed by atoms with Crippen LogP contribution in [0, 0.1) is 0 Å². The molecule has 2 aromatic rings. The molecule has 0 radical (unpaired) electrons. The van der Waals surface area contributed by atoms with Gasteiger partial charge in [-0.15, -0.1) is 0 Å². The number of nitrogens with zero attached hydrogens (tertiary/aromatic N) is 7. The van der Waals surface area contributed by atoms with Gasteiger partial charge in [0.2, 0.25) is 53.2 Å². The van der Waals surface area contributed by atoms with E-state index in [0.29, 0.717) is 55.9 Å². The van der Waals surface area contributed by atoms with Crippen LogP contribution in [-0.4, -0.2) is 339 Å². The van der Waals surface area contributed by atoms with Crippen molar-refractivity contribution in [1.82, 2.24) is 39.6 Å². The van der Waals surface area contributed by atoms with Crippen LogP contribution in [0.25, 0.3) is 0 Å². The molecule has 0 bridgehead atoms. The van der Waals surface area contributed by atoms with Crippen molar-refractivity contribution >= 4 is 159 Å². The second kappa shape index (κ2) is 46.5. The molecule has 8 unspecified atom stereocenters. The van der Waals surface area contributed by atoms with Gasteiger partial charge in [0.05, 0.1) is 76.4 Å². The number of carboxylic acid groups (broad SMARTS) is 7. The number of Topliss-reactive ketones (excluding diaryl/α,β-unsaturated/α-hetero) is 6. The number of carbonyl (C=O) groups excluding carboxylic acids is 20. The van der Waals surface area contributed by atoms with Gasteiger partial charge in [-0.3, -0.25) is 159 Å². The molecule has 7 aliphatic heterocycles. The summed E-state index contributed by atoms with van der Waals surface area (Å²) in [5.41, 5.74) is -10.0. The lowest BCUT2D eigenvalue weighted by Gasteiger charge is -2.25. The molecule has 13 N–H and O–H groups in total. The van der Waals surface area contributed by atoms with Crippen molar-refractivity contribution < 1.29 is 191 Å². The van der Waals surface area contributed by atoms with Gasteiger partial charge < -0.3 is 61.3 Å². The molecule has 10 rings (SSSR count). The Kier molecular flexibility index (Phi) is 38.9. The minimum atomic E-state index is -2.40. The predicted molar refractivity (Wildman–Crippen MR) is 429 cm³/mol. The third kappa shape index (κ3) is 28.5. The van der Waals surface area contributed by atoms with Gasteiger partial charge in [0.1, 0.15) is 35.7 Å². The van der Waals surface area contributed by atoms with E-state index in [1.165, 1.54) is 32.6 Å². The first kappa shape index (κ1) is 109. The second-order valence-electron chi connectivity index (χ2n) is 31.8. The Morgan fingerprint density at radius 3 is 1.07 bits per heavy atom. The van der Waals surface area contributed by atoms with E-state index in [4.69, 9.17) is 20.4 Å². The highest BCUT2D eigenvalue weighted by molar-refractivity contribution is 6.16. The number of ketones is 6. The first-order valence-electron chi connectivity index (χ1n) is 39.9. The lowest BCUT2D eigenvalue weighted by atomic mass is 9.95. The summed E-state index contributed by atoms with van der Waals surface area (Å²) in [7, 11) is 0. The zero-order valence-corrected chi connectivity index (χ0v) is 70.3. The number of likely N-dealkylation sites (tertiary alicyclic amines) is 7. The molecule has 8 aliphatic rings. The molecule has 1 saturated carbocycles. The number of rotatable bonds is 37. The highest BCUT2D eigenvalue weighted by atomic mass is 16.4. The molecule has 47 heteroatoms.